The van der Waals surface area contributed by atoms with Gasteiger partial charge in [0.2, 0.25) is 5.91 Å². The highest BCUT2D eigenvalue weighted by Gasteiger charge is 2.23. The van der Waals surface area contributed by atoms with Crippen LogP contribution in [0.2, 0.25) is 0 Å². The number of carbonyl (C=O) groups excluding carboxylic acids is 1. The molecular formula is C10H19NO3S. The second kappa shape index (κ2) is 4.96. The van der Waals surface area contributed by atoms with Gasteiger partial charge >= 0.3 is 0 Å². The predicted octanol–water partition coefficient (Wildman–Crippen LogP) is 0.822. The van der Waals surface area contributed by atoms with Crippen LogP contribution in [0, 0.1) is 0 Å². The Bertz CT molecular complexity index is 318. The lowest BCUT2D eigenvalue weighted by Crippen LogP contribution is -2.41. The maximum absolute atomic E-state index is 11.6. The molecule has 1 aliphatic carbocycles. The van der Waals surface area contributed by atoms with Gasteiger partial charge in [-0.3, -0.25) is 4.79 Å². The zero-order valence-corrected chi connectivity index (χ0v) is 10.2. The van der Waals surface area contributed by atoms with Gasteiger partial charge in [0.1, 0.15) is 5.75 Å². The minimum atomic E-state index is -3.20. The molecule has 0 aromatic heterocycles. The summed E-state index contributed by atoms with van der Waals surface area (Å²) < 4.78 is 22.0. The third-order valence-corrected chi connectivity index (χ3v) is 3.67. The Labute approximate surface area is 91.6 Å². The van der Waals surface area contributed by atoms with Crippen molar-refractivity contribution in [3.63, 3.8) is 0 Å². The van der Waals surface area contributed by atoms with Crippen LogP contribution in [-0.2, 0) is 14.6 Å². The number of hydrogen-bond donors (Lipinski definition) is 0. The molecule has 88 valence electrons. The normalized spacial score (nSPS) is 18.8. The average molecular weight is 233 g/mol. The first kappa shape index (κ1) is 12.5. The Kier molecular flexibility index (Phi) is 4.13. The summed E-state index contributed by atoms with van der Waals surface area (Å²) in [5, 5.41) is 0. The minimum absolute atomic E-state index is 0.244. The molecule has 15 heavy (non-hydrogen) atoms. The van der Waals surface area contributed by atoms with Gasteiger partial charge in [0.25, 0.3) is 0 Å². The fourth-order valence-corrected chi connectivity index (χ4v) is 2.65. The molecule has 1 rings (SSSR count). The third kappa shape index (κ3) is 4.20. The van der Waals surface area contributed by atoms with E-state index in [2.05, 4.69) is 0 Å². The fraction of sp³-hybridized carbons (Fsp3) is 0.900. The molecule has 1 aliphatic rings. The van der Waals surface area contributed by atoms with Crippen LogP contribution in [0.1, 0.15) is 32.1 Å². The molecule has 0 radical (unpaired) electrons. The van der Waals surface area contributed by atoms with Crippen LogP contribution in [-0.4, -0.2) is 44.3 Å². The van der Waals surface area contributed by atoms with E-state index in [1.54, 1.807) is 11.9 Å². The molecule has 0 saturated heterocycles. The van der Waals surface area contributed by atoms with Crippen molar-refractivity contribution in [1.29, 1.82) is 0 Å². The van der Waals surface area contributed by atoms with E-state index in [1.807, 2.05) is 0 Å². The molecule has 4 nitrogen and oxygen atoms in total. The Hall–Kier alpha value is -0.580. The first-order chi connectivity index (χ1) is 6.90. The van der Waals surface area contributed by atoms with Gasteiger partial charge in [-0.2, -0.15) is 0 Å². The monoisotopic (exact) mass is 233 g/mol. The highest BCUT2D eigenvalue weighted by atomic mass is 32.2. The molecule has 0 atom stereocenters. The van der Waals surface area contributed by atoms with Gasteiger partial charge in [-0.05, 0) is 12.8 Å². The summed E-state index contributed by atoms with van der Waals surface area (Å²) >= 11 is 0. The maximum atomic E-state index is 11.6. The molecule has 5 heteroatoms. The fourth-order valence-electron chi connectivity index (χ4n) is 2.00. The highest BCUT2D eigenvalue weighted by molar-refractivity contribution is 7.91. The van der Waals surface area contributed by atoms with Crippen LogP contribution >= 0.6 is 0 Å². The molecule has 0 bridgehead atoms. The van der Waals surface area contributed by atoms with Crippen molar-refractivity contribution in [2.75, 3.05) is 19.1 Å². The molecule has 1 fully saturated rings. The van der Waals surface area contributed by atoms with Gasteiger partial charge < -0.3 is 4.90 Å². The van der Waals surface area contributed by atoms with Crippen LogP contribution in [0.25, 0.3) is 0 Å². The van der Waals surface area contributed by atoms with Gasteiger partial charge in [-0.1, -0.05) is 19.3 Å². The van der Waals surface area contributed by atoms with Crippen LogP contribution in [0.3, 0.4) is 0 Å². The highest BCUT2D eigenvalue weighted by Crippen LogP contribution is 2.21. The standard InChI is InChI=1S/C10H19NO3S/c1-11(9-6-4-3-5-7-9)10(12)8-15(2,13)14/h9H,3-8H2,1-2H3. The van der Waals surface area contributed by atoms with Crippen LogP contribution in [0.4, 0.5) is 0 Å². The van der Waals surface area contributed by atoms with Crippen LogP contribution in [0.5, 0.6) is 0 Å². The van der Waals surface area contributed by atoms with E-state index in [1.165, 1.54) is 6.42 Å². The first-order valence-electron chi connectivity index (χ1n) is 5.33. The van der Waals surface area contributed by atoms with Crippen LogP contribution in [0.15, 0.2) is 0 Å². The molecule has 0 aromatic carbocycles. The second-order valence-electron chi connectivity index (χ2n) is 4.37. The van der Waals surface area contributed by atoms with E-state index in [0.29, 0.717) is 0 Å². The zero-order valence-electron chi connectivity index (χ0n) is 9.40. The molecule has 0 aromatic rings. The lowest BCUT2D eigenvalue weighted by Gasteiger charge is -2.31. The predicted molar refractivity (Wildman–Crippen MR) is 59.4 cm³/mol. The summed E-state index contributed by atoms with van der Waals surface area (Å²) in [7, 11) is -1.49. The number of hydrogen-bond acceptors (Lipinski definition) is 3. The molecular weight excluding hydrogens is 214 g/mol. The third-order valence-electron chi connectivity index (χ3n) is 2.90. The largest absolute Gasteiger partial charge is 0.342 e. The van der Waals surface area contributed by atoms with E-state index in [0.717, 1.165) is 31.9 Å². The molecule has 1 amide bonds. The van der Waals surface area contributed by atoms with Crippen molar-refractivity contribution < 1.29 is 13.2 Å². The summed E-state index contributed by atoms with van der Waals surface area (Å²) in [5.74, 6) is -0.635. The molecule has 0 unspecified atom stereocenters. The average Bonchev–Trinajstić information content (AvgIpc) is 2.15. The van der Waals surface area contributed by atoms with E-state index in [4.69, 9.17) is 0 Å². The Morgan fingerprint density at radius 1 is 1.27 bits per heavy atom. The van der Waals surface area contributed by atoms with Gasteiger partial charge in [-0.25, -0.2) is 8.42 Å². The minimum Gasteiger partial charge on any atom is -0.342 e. The second-order valence-corrected chi connectivity index (χ2v) is 6.51. The van der Waals surface area contributed by atoms with E-state index >= 15 is 0 Å². The molecule has 0 heterocycles. The molecule has 0 spiro atoms. The Balaban J connectivity index is 2.51. The topological polar surface area (TPSA) is 54.5 Å². The SMILES string of the molecule is CN(C(=O)CS(C)(=O)=O)C1CCCCC1. The molecule has 0 N–H and O–H groups in total. The zero-order chi connectivity index (χ0) is 11.5. The van der Waals surface area contributed by atoms with Crippen molar-refractivity contribution in [2.45, 2.75) is 38.1 Å². The van der Waals surface area contributed by atoms with Crippen molar-refractivity contribution in [1.82, 2.24) is 4.90 Å². The van der Waals surface area contributed by atoms with Crippen molar-refractivity contribution in [3.05, 3.63) is 0 Å². The summed E-state index contributed by atoms with van der Waals surface area (Å²) in [4.78, 5) is 13.2. The van der Waals surface area contributed by atoms with Gasteiger partial charge in [0.05, 0.1) is 0 Å². The van der Waals surface area contributed by atoms with Gasteiger partial charge in [0, 0.05) is 19.3 Å². The number of amides is 1. The quantitative estimate of drug-likeness (QED) is 0.725. The van der Waals surface area contributed by atoms with Crippen molar-refractivity contribution in [3.8, 4) is 0 Å². The van der Waals surface area contributed by atoms with E-state index in [-0.39, 0.29) is 17.7 Å². The van der Waals surface area contributed by atoms with E-state index in [9.17, 15) is 13.2 Å². The van der Waals surface area contributed by atoms with Crippen molar-refractivity contribution in [2.24, 2.45) is 0 Å². The van der Waals surface area contributed by atoms with Crippen LogP contribution < -0.4 is 0 Å². The molecule has 1 saturated carbocycles. The number of carbonyl (C=O) groups is 1. The molecule has 0 aliphatic heterocycles. The maximum Gasteiger partial charge on any atom is 0.237 e. The smallest absolute Gasteiger partial charge is 0.237 e. The number of sulfone groups is 1. The van der Waals surface area contributed by atoms with Crippen molar-refractivity contribution >= 4 is 15.7 Å². The first-order valence-corrected chi connectivity index (χ1v) is 7.39. The Morgan fingerprint density at radius 2 is 1.80 bits per heavy atom. The summed E-state index contributed by atoms with van der Waals surface area (Å²) in [6, 6.07) is 0.244. The summed E-state index contributed by atoms with van der Waals surface area (Å²) in [5.41, 5.74) is 0. The van der Waals surface area contributed by atoms with Gasteiger partial charge in [0.15, 0.2) is 9.84 Å². The number of nitrogens with zero attached hydrogens (tertiary/aromatic N) is 1. The van der Waals surface area contributed by atoms with Gasteiger partial charge in [-0.15, -0.1) is 0 Å². The number of rotatable bonds is 3. The lowest BCUT2D eigenvalue weighted by atomic mass is 9.94. The summed E-state index contributed by atoms with van der Waals surface area (Å²) in [6.45, 7) is 0. The lowest BCUT2D eigenvalue weighted by molar-refractivity contribution is -0.129. The Morgan fingerprint density at radius 3 is 2.27 bits per heavy atom. The van der Waals surface area contributed by atoms with E-state index < -0.39 is 9.84 Å². The summed E-state index contributed by atoms with van der Waals surface area (Å²) in [6.07, 6.45) is 6.62.